The fraction of sp³-hybridized carbons (Fsp3) is 0.316. The van der Waals surface area contributed by atoms with E-state index in [1.807, 2.05) is 6.92 Å². The predicted octanol–water partition coefficient (Wildman–Crippen LogP) is 4.60. The van der Waals surface area contributed by atoms with Crippen molar-refractivity contribution >= 4 is 16.3 Å². The summed E-state index contributed by atoms with van der Waals surface area (Å²) in [4.78, 5) is 0.872. The van der Waals surface area contributed by atoms with Crippen molar-refractivity contribution in [1.29, 1.82) is 0 Å². The zero-order valence-electron chi connectivity index (χ0n) is 15.3. The van der Waals surface area contributed by atoms with Crippen LogP contribution in [0.1, 0.15) is 16.0 Å². The van der Waals surface area contributed by atoms with Crippen molar-refractivity contribution in [3.63, 3.8) is 0 Å². The van der Waals surface area contributed by atoms with Gasteiger partial charge in [-0.25, -0.2) is 4.39 Å². The van der Waals surface area contributed by atoms with Crippen LogP contribution in [0, 0.1) is 12.7 Å². The number of benzene rings is 1. The summed E-state index contributed by atoms with van der Waals surface area (Å²) in [6, 6.07) is 6.86. The van der Waals surface area contributed by atoms with Gasteiger partial charge in [-0.1, -0.05) is 18.2 Å². The second-order valence-electron chi connectivity index (χ2n) is 6.48. The Morgan fingerprint density at radius 3 is 2.61 bits per heavy atom. The molecule has 0 amide bonds. The zero-order valence-corrected chi connectivity index (χ0v) is 16.2. The molecule has 0 spiro atoms. The highest BCUT2D eigenvalue weighted by molar-refractivity contribution is 7.16. The zero-order chi connectivity index (χ0) is 20.5. The van der Waals surface area contributed by atoms with E-state index in [4.69, 9.17) is 5.73 Å². The smallest absolute Gasteiger partial charge is 0.373 e. The van der Waals surface area contributed by atoms with E-state index in [0.29, 0.717) is 16.3 Å². The van der Waals surface area contributed by atoms with Gasteiger partial charge >= 0.3 is 6.18 Å². The second-order valence-corrected chi connectivity index (χ2v) is 7.74. The minimum Gasteiger partial charge on any atom is -0.373 e. The molecule has 2 aromatic heterocycles. The number of nitrogens with two attached hydrogens (primary N) is 1. The van der Waals surface area contributed by atoms with Crippen LogP contribution in [0.15, 0.2) is 36.5 Å². The Labute approximate surface area is 164 Å². The summed E-state index contributed by atoms with van der Waals surface area (Å²) in [7, 11) is 1.65. The van der Waals surface area contributed by atoms with Crippen LogP contribution < -0.4 is 11.1 Å². The lowest BCUT2D eigenvalue weighted by atomic mass is 10.00. The Morgan fingerprint density at radius 2 is 2.00 bits per heavy atom. The molecule has 28 heavy (non-hydrogen) atoms. The number of nitrogens with one attached hydrogen (secondary N) is 1. The molecule has 0 bridgehead atoms. The Bertz CT molecular complexity index is 942. The summed E-state index contributed by atoms with van der Waals surface area (Å²) < 4.78 is 55.2. The SMILES string of the molecule is Cc1sc(N[C@H](CN)Cc2ccccc2C(F)(F)F)cc1-c1c(F)cnn1C. The Kier molecular flexibility index (Phi) is 5.76. The number of aryl methyl sites for hydroxylation is 2. The van der Waals surface area contributed by atoms with Crippen LogP contribution in [0.3, 0.4) is 0 Å². The van der Waals surface area contributed by atoms with E-state index in [1.54, 1.807) is 19.2 Å². The number of hydrogen-bond donors (Lipinski definition) is 2. The minimum atomic E-state index is -4.42. The molecular formula is C19H20F4N4S. The largest absolute Gasteiger partial charge is 0.416 e. The van der Waals surface area contributed by atoms with Crippen LogP contribution in [0.4, 0.5) is 22.6 Å². The molecule has 1 aromatic carbocycles. The number of thiophene rings is 1. The number of alkyl halides is 3. The van der Waals surface area contributed by atoms with E-state index in [-0.39, 0.29) is 18.5 Å². The fourth-order valence-electron chi connectivity index (χ4n) is 3.14. The molecule has 0 saturated carbocycles. The van der Waals surface area contributed by atoms with Crippen LogP contribution in [-0.2, 0) is 19.6 Å². The molecule has 0 aliphatic carbocycles. The van der Waals surface area contributed by atoms with Crippen molar-refractivity contribution in [1.82, 2.24) is 9.78 Å². The first-order chi connectivity index (χ1) is 13.2. The molecule has 0 saturated heterocycles. The van der Waals surface area contributed by atoms with Crippen LogP contribution in [0.2, 0.25) is 0 Å². The first kappa shape index (κ1) is 20.3. The Hall–Kier alpha value is -2.39. The number of aromatic nitrogens is 2. The van der Waals surface area contributed by atoms with Crippen LogP contribution in [0.25, 0.3) is 11.3 Å². The fourth-order valence-corrected chi connectivity index (χ4v) is 4.13. The first-order valence-corrected chi connectivity index (χ1v) is 9.42. The lowest BCUT2D eigenvalue weighted by molar-refractivity contribution is -0.138. The van der Waals surface area contributed by atoms with Crippen molar-refractivity contribution in [2.75, 3.05) is 11.9 Å². The normalized spacial score (nSPS) is 13.0. The van der Waals surface area contributed by atoms with Gasteiger partial charge in [-0.15, -0.1) is 11.3 Å². The molecule has 2 heterocycles. The summed E-state index contributed by atoms with van der Waals surface area (Å²) in [6.45, 7) is 2.01. The van der Waals surface area contributed by atoms with Crippen LogP contribution >= 0.6 is 11.3 Å². The minimum absolute atomic E-state index is 0.124. The number of nitrogens with zero attached hydrogens (tertiary/aromatic N) is 2. The van der Waals surface area contributed by atoms with Crippen molar-refractivity contribution in [2.45, 2.75) is 25.6 Å². The Morgan fingerprint density at radius 1 is 1.29 bits per heavy atom. The molecule has 4 nitrogen and oxygen atoms in total. The van der Waals surface area contributed by atoms with Gasteiger partial charge in [-0.05, 0) is 31.0 Å². The van der Waals surface area contributed by atoms with E-state index in [0.717, 1.165) is 17.1 Å². The number of anilines is 1. The number of rotatable bonds is 6. The van der Waals surface area contributed by atoms with Crippen molar-refractivity contribution in [3.05, 3.63) is 58.3 Å². The predicted molar refractivity (Wildman–Crippen MR) is 103 cm³/mol. The van der Waals surface area contributed by atoms with Crippen LogP contribution in [0.5, 0.6) is 0 Å². The number of halogens is 4. The lowest BCUT2D eigenvalue weighted by Crippen LogP contribution is -2.31. The third-order valence-corrected chi connectivity index (χ3v) is 5.47. The van der Waals surface area contributed by atoms with Gasteiger partial charge in [0.2, 0.25) is 0 Å². The quantitative estimate of drug-likeness (QED) is 0.582. The molecular weight excluding hydrogens is 392 g/mol. The standard InChI is InChI=1S/C19H20F4N4S/c1-11-14(18-16(20)10-25-27(18)2)8-17(28-11)26-13(9-24)7-12-5-3-4-6-15(12)19(21,22)23/h3-6,8,10,13,26H,7,9,24H2,1-2H3/t13-/m0/s1. The number of hydrogen-bond acceptors (Lipinski definition) is 4. The van der Waals surface area contributed by atoms with Gasteiger partial charge in [0.05, 0.1) is 16.8 Å². The first-order valence-electron chi connectivity index (χ1n) is 8.60. The summed E-state index contributed by atoms with van der Waals surface area (Å²) in [5.41, 5.74) is 6.39. The molecule has 150 valence electrons. The average Bonchev–Trinajstić information content (AvgIpc) is 3.15. The summed E-state index contributed by atoms with van der Waals surface area (Å²) in [5, 5.41) is 7.82. The van der Waals surface area contributed by atoms with Crippen molar-refractivity contribution in [3.8, 4) is 11.3 Å². The molecule has 0 fully saturated rings. The van der Waals surface area contributed by atoms with E-state index >= 15 is 0 Å². The molecule has 3 aromatic rings. The van der Waals surface area contributed by atoms with E-state index in [9.17, 15) is 17.6 Å². The Balaban J connectivity index is 1.83. The molecule has 0 radical (unpaired) electrons. The molecule has 0 unspecified atom stereocenters. The maximum Gasteiger partial charge on any atom is 0.416 e. The molecule has 3 N–H and O–H groups in total. The van der Waals surface area contributed by atoms with Crippen LogP contribution in [-0.4, -0.2) is 22.4 Å². The van der Waals surface area contributed by atoms with Gasteiger partial charge in [0.25, 0.3) is 0 Å². The monoisotopic (exact) mass is 412 g/mol. The molecule has 9 heteroatoms. The van der Waals surface area contributed by atoms with Gasteiger partial charge in [0.1, 0.15) is 5.69 Å². The molecule has 0 aliphatic rings. The van der Waals surface area contributed by atoms with E-state index < -0.39 is 23.6 Å². The highest BCUT2D eigenvalue weighted by Crippen LogP contribution is 2.36. The summed E-state index contributed by atoms with van der Waals surface area (Å²) >= 11 is 1.40. The van der Waals surface area contributed by atoms with E-state index in [2.05, 4.69) is 10.4 Å². The summed E-state index contributed by atoms with van der Waals surface area (Å²) in [6.07, 6.45) is -3.14. The second kappa shape index (κ2) is 7.92. The third kappa shape index (κ3) is 4.20. The van der Waals surface area contributed by atoms with E-state index in [1.165, 1.54) is 28.2 Å². The van der Waals surface area contributed by atoms with Gasteiger partial charge in [-0.2, -0.15) is 18.3 Å². The van der Waals surface area contributed by atoms with Gasteiger partial charge in [0, 0.05) is 30.1 Å². The molecule has 1 atom stereocenters. The van der Waals surface area contributed by atoms with Crippen molar-refractivity contribution < 1.29 is 17.6 Å². The summed E-state index contributed by atoms with van der Waals surface area (Å²) in [5.74, 6) is -0.426. The molecule has 0 aliphatic heterocycles. The van der Waals surface area contributed by atoms with Gasteiger partial charge < -0.3 is 11.1 Å². The lowest BCUT2D eigenvalue weighted by Gasteiger charge is -2.19. The topological polar surface area (TPSA) is 55.9 Å². The maximum absolute atomic E-state index is 14.0. The average molecular weight is 412 g/mol. The molecule has 3 rings (SSSR count). The van der Waals surface area contributed by atoms with Gasteiger partial charge in [0.15, 0.2) is 5.82 Å². The van der Waals surface area contributed by atoms with Gasteiger partial charge in [-0.3, -0.25) is 4.68 Å². The maximum atomic E-state index is 14.0. The van der Waals surface area contributed by atoms with Crippen molar-refractivity contribution in [2.24, 2.45) is 12.8 Å². The highest BCUT2D eigenvalue weighted by Gasteiger charge is 2.33. The highest BCUT2D eigenvalue weighted by atomic mass is 32.1. The third-order valence-electron chi connectivity index (χ3n) is 4.49.